The van der Waals surface area contributed by atoms with E-state index in [0.717, 1.165) is 10.9 Å². The normalized spacial score (nSPS) is 12.2. The molecule has 3 heteroatoms. The SMILES string of the molecule is CC(C)c1cc(B(O)O)cc2c(C(C)(C)C)cccc12. The van der Waals surface area contributed by atoms with E-state index in [1.807, 2.05) is 12.1 Å². The Balaban J connectivity index is 2.87. The third kappa shape index (κ3) is 2.74. The summed E-state index contributed by atoms with van der Waals surface area (Å²) in [6.07, 6.45) is 0. The zero-order valence-corrected chi connectivity index (χ0v) is 12.9. The maximum Gasteiger partial charge on any atom is 0.488 e. The highest BCUT2D eigenvalue weighted by Gasteiger charge is 2.21. The Morgan fingerprint density at radius 1 is 1.00 bits per heavy atom. The summed E-state index contributed by atoms with van der Waals surface area (Å²) in [6, 6.07) is 10.1. The van der Waals surface area contributed by atoms with Gasteiger partial charge in [0.25, 0.3) is 0 Å². The number of hydrogen-bond donors (Lipinski definition) is 2. The van der Waals surface area contributed by atoms with Gasteiger partial charge in [-0.3, -0.25) is 0 Å². The van der Waals surface area contributed by atoms with Crippen LogP contribution in [-0.2, 0) is 5.41 Å². The Morgan fingerprint density at radius 3 is 2.15 bits per heavy atom. The van der Waals surface area contributed by atoms with E-state index in [9.17, 15) is 10.0 Å². The predicted molar refractivity (Wildman–Crippen MR) is 86.6 cm³/mol. The molecule has 106 valence electrons. The molecule has 0 aliphatic rings. The Kier molecular flexibility index (Phi) is 3.94. The summed E-state index contributed by atoms with van der Waals surface area (Å²) in [5.41, 5.74) is 2.99. The van der Waals surface area contributed by atoms with Crippen LogP contribution in [0, 0.1) is 0 Å². The first-order chi connectivity index (χ1) is 9.21. The fourth-order valence-corrected chi connectivity index (χ4v) is 2.72. The van der Waals surface area contributed by atoms with Gasteiger partial charge >= 0.3 is 7.12 Å². The van der Waals surface area contributed by atoms with Crippen LogP contribution in [0.3, 0.4) is 0 Å². The van der Waals surface area contributed by atoms with Crippen molar-refractivity contribution in [2.24, 2.45) is 0 Å². The molecule has 0 unspecified atom stereocenters. The zero-order valence-electron chi connectivity index (χ0n) is 12.9. The van der Waals surface area contributed by atoms with Crippen LogP contribution in [0.15, 0.2) is 30.3 Å². The first-order valence-corrected chi connectivity index (χ1v) is 7.15. The summed E-state index contributed by atoms with van der Waals surface area (Å²) in [5.74, 6) is 0.339. The van der Waals surface area contributed by atoms with Crippen LogP contribution in [0.2, 0.25) is 0 Å². The summed E-state index contributed by atoms with van der Waals surface area (Å²) in [7, 11) is -1.43. The lowest BCUT2D eigenvalue weighted by atomic mass is 9.74. The fraction of sp³-hybridized carbons (Fsp3) is 0.412. The third-order valence-corrected chi connectivity index (χ3v) is 3.78. The van der Waals surface area contributed by atoms with E-state index in [2.05, 4.69) is 52.8 Å². The van der Waals surface area contributed by atoms with Gasteiger partial charge in [0.05, 0.1) is 0 Å². The first kappa shape index (κ1) is 15.1. The largest absolute Gasteiger partial charge is 0.488 e. The molecule has 0 radical (unpaired) electrons. The van der Waals surface area contributed by atoms with Gasteiger partial charge in [-0.1, -0.05) is 65.0 Å². The summed E-state index contributed by atoms with van der Waals surface area (Å²) in [6.45, 7) is 10.8. The van der Waals surface area contributed by atoms with Gasteiger partial charge in [0.1, 0.15) is 0 Å². The second-order valence-electron chi connectivity index (χ2n) is 6.79. The number of hydrogen-bond acceptors (Lipinski definition) is 2. The summed E-state index contributed by atoms with van der Waals surface area (Å²) < 4.78 is 0. The predicted octanol–water partition coefficient (Wildman–Crippen LogP) is 2.94. The topological polar surface area (TPSA) is 40.5 Å². The van der Waals surface area contributed by atoms with Crippen molar-refractivity contribution >= 4 is 23.4 Å². The van der Waals surface area contributed by atoms with Crippen LogP contribution in [-0.4, -0.2) is 17.2 Å². The maximum absolute atomic E-state index is 9.54. The molecule has 0 saturated heterocycles. The minimum Gasteiger partial charge on any atom is -0.423 e. The van der Waals surface area contributed by atoms with Crippen molar-refractivity contribution in [3.05, 3.63) is 41.5 Å². The molecule has 0 aliphatic carbocycles. The molecule has 2 nitrogen and oxygen atoms in total. The minimum atomic E-state index is -1.43. The summed E-state index contributed by atoms with van der Waals surface area (Å²) in [5, 5.41) is 21.4. The van der Waals surface area contributed by atoms with E-state index in [4.69, 9.17) is 0 Å². The quantitative estimate of drug-likeness (QED) is 0.824. The van der Waals surface area contributed by atoms with Gasteiger partial charge in [0, 0.05) is 0 Å². The van der Waals surface area contributed by atoms with E-state index in [0.29, 0.717) is 11.4 Å². The fourth-order valence-electron chi connectivity index (χ4n) is 2.72. The average Bonchev–Trinajstić information content (AvgIpc) is 2.35. The summed E-state index contributed by atoms with van der Waals surface area (Å²) >= 11 is 0. The van der Waals surface area contributed by atoms with Crippen molar-refractivity contribution in [3.63, 3.8) is 0 Å². The molecule has 2 N–H and O–H groups in total. The molecule has 20 heavy (non-hydrogen) atoms. The van der Waals surface area contributed by atoms with Crippen LogP contribution >= 0.6 is 0 Å². The first-order valence-electron chi connectivity index (χ1n) is 7.15. The number of fused-ring (bicyclic) bond motifs is 1. The van der Waals surface area contributed by atoms with E-state index in [-0.39, 0.29) is 5.41 Å². The molecule has 0 bridgehead atoms. The van der Waals surface area contributed by atoms with Crippen molar-refractivity contribution in [1.29, 1.82) is 0 Å². The maximum atomic E-state index is 9.54. The minimum absolute atomic E-state index is 0.0206. The Hall–Kier alpha value is -1.32. The van der Waals surface area contributed by atoms with E-state index in [1.165, 1.54) is 10.9 Å². The Morgan fingerprint density at radius 2 is 1.65 bits per heavy atom. The lowest BCUT2D eigenvalue weighted by Gasteiger charge is -2.23. The van der Waals surface area contributed by atoms with Crippen molar-refractivity contribution < 1.29 is 10.0 Å². The monoisotopic (exact) mass is 270 g/mol. The molecule has 0 spiro atoms. The van der Waals surface area contributed by atoms with Crippen LogP contribution in [0.5, 0.6) is 0 Å². The van der Waals surface area contributed by atoms with Gasteiger partial charge in [0.2, 0.25) is 0 Å². The number of rotatable bonds is 2. The zero-order chi connectivity index (χ0) is 15.1. The van der Waals surface area contributed by atoms with Crippen molar-refractivity contribution in [2.75, 3.05) is 0 Å². The van der Waals surface area contributed by atoms with Gasteiger partial charge in [-0.2, -0.15) is 0 Å². The van der Waals surface area contributed by atoms with Gasteiger partial charge < -0.3 is 10.0 Å². The molecule has 0 fully saturated rings. The molecule has 0 aliphatic heterocycles. The summed E-state index contributed by atoms with van der Waals surface area (Å²) in [4.78, 5) is 0. The van der Waals surface area contributed by atoms with Gasteiger partial charge in [-0.15, -0.1) is 0 Å². The van der Waals surface area contributed by atoms with E-state index >= 15 is 0 Å². The Bertz CT molecular complexity index is 625. The van der Waals surface area contributed by atoms with Gasteiger partial charge in [0.15, 0.2) is 0 Å². The molecule has 2 rings (SSSR count). The third-order valence-electron chi connectivity index (χ3n) is 3.78. The van der Waals surface area contributed by atoms with E-state index < -0.39 is 7.12 Å². The van der Waals surface area contributed by atoms with Gasteiger partial charge in [-0.05, 0) is 38.7 Å². The lowest BCUT2D eigenvalue weighted by Crippen LogP contribution is -2.30. The van der Waals surface area contributed by atoms with Crippen LogP contribution in [0.25, 0.3) is 10.8 Å². The highest BCUT2D eigenvalue weighted by atomic mass is 16.4. The average molecular weight is 270 g/mol. The molecule has 0 heterocycles. The molecule has 2 aromatic carbocycles. The standard InChI is InChI=1S/C17H23BO2/c1-11(2)14-9-12(18(19)20)10-15-13(14)7-6-8-16(15)17(3,4)5/h6-11,19-20H,1-5H3. The molecular weight excluding hydrogens is 247 g/mol. The van der Waals surface area contributed by atoms with Crippen LogP contribution in [0.4, 0.5) is 0 Å². The molecule has 0 amide bonds. The van der Waals surface area contributed by atoms with Crippen LogP contribution < -0.4 is 5.46 Å². The van der Waals surface area contributed by atoms with Crippen molar-refractivity contribution in [2.45, 2.75) is 46.0 Å². The van der Waals surface area contributed by atoms with Crippen LogP contribution in [0.1, 0.15) is 51.7 Å². The van der Waals surface area contributed by atoms with Gasteiger partial charge in [-0.25, -0.2) is 0 Å². The number of benzene rings is 2. The smallest absolute Gasteiger partial charge is 0.423 e. The molecular formula is C17H23BO2. The van der Waals surface area contributed by atoms with E-state index in [1.54, 1.807) is 0 Å². The molecule has 0 saturated carbocycles. The lowest BCUT2D eigenvalue weighted by molar-refractivity contribution is 0.426. The second-order valence-corrected chi connectivity index (χ2v) is 6.79. The second kappa shape index (κ2) is 5.23. The highest BCUT2D eigenvalue weighted by molar-refractivity contribution is 6.59. The molecule has 0 atom stereocenters. The molecule has 2 aromatic rings. The molecule has 0 aromatic heterocycles. The Labute approximate surface area is 121 Å². The van der Waals surface area contributed by atoms with Crippen molar-refractivity contribution in [1.82, 2.24) is 0 Å². The highest BCUT2D eigenvalue weighted by Crippen LogP contribution is 2.33. The van der Waals surface area contributed by atoms with Crippen molar-refractivity contribution in [3.8, 4) is 0 Å².